The van der Waals surface area contributed by atoms with Crippen LogP contribution in [0.15, 0.2) is 16.6 Å². The molecule has 0 heterocycles. The Morgan fingerprint density at radius 1 is 1.24 bits per heavy atom. The lowest BCUT2D eigenvalue weighted by atomic mass is 9.91. The van der Waals surface area contributed by atoms with Gasteiger partial charge in [0.15, 0.2) is 0 Å². The number of hydrogen-bond donors (Lipinski definition) is 2. The lowest BCUT2D eigenvalue weighted by Crippen LogP contribution is -2.34. The zero-order valence-corrected chi connectivity index (χ0v) is 12.4. The first-order chi connectivity index (χ1) is 8.08. The smallest absolute Gasteiger partial charge is 0.0835 e. The van der Waals surface area contributed by atoms with Gasteiger partial charge in [0.25, 0.3) is 0 Å². The Bertz CT molecular complexity index is 412. The molecule has 1 saturated carbocycles. The second-order valence-corrected chi connectivity index (χ2v) is 6.10. The average Bonchev–Trinajstić information content (AvgIpc) is 2.30. The molecule has 3 N–H and O–H groups in total. The van der Waals surface area contributed by atoms with Gasteiger partial charge in [-0.1, -0.05) is 23.2 Å². The van der Waals surface area contributed by atoms with Gasteiger partial charge in [-0.05, 0) is 53.7 Å². The Morgan fingerprint density at radius 2 is 2.00 bits per heavy atom. The van der Waals surface area contributed by atoms with Gasteiger partial charge in [0.2, 0.25) is 0 Å². The molecule has 0 amide bonds. The van der Waals surface area contributed by atoms with E-state index in [1.165, 1.54) is 6.42 Å². The van der Waals surface area contributed by atoms with Crippen LogP contribution in [0.1, 0.15) is 25.7 Å². The predicted molar refractivity (Wildman–Crippen MR) is 78.0 cm³/mol. The second-order valence-electron chi connectivity index (χ2n) is 4.49. The average molecular weight is 338 g/mol. The van der Waals surface area contributed by atoms with Crippen molar-refractivity contribution >= 4 is 44.8 Å². The first-order valence-electron chi connectivity index (χ1n) is 5.73. The van der Waals surface area contributed by atoms with E-state index >= 15 is 0 Å². The highest BCUT2D eigenvalue weighted by Gasteiger charge is 2.20. The van der Waals surface area contributed by atoms with Crippen molar-refractivity contribution in [3.63, 3.8) is 0 Å². The Kier molecular flexibility index (Phi) is 4.59. The van der Waals surface area contributed by atoms with Crippen molar-refractivity contribution in [3.8, 4) is 0 Å². The highest BCUT2D eigenvalue weighted by atomic mass is 79.9. The summed E-state index contributed by atoms with van der Waals surface area (Å²) in [7, 11) is 0. The van der Waals surface area contributed by atoms with Gasteiger partial charge in [-0.2, -0.15) is 0 Å². The van der Waals surface area contributed by atoms with Crippen molar-refractivity contribution < 1.29 is 0 Å². The Labute approximate surface area is 120 Å². The lowest BCUT2D eigenvalue weighted by Gasteiger charge is -2.28. The topological polar surface area (TPSA) is 38.0 Å². The third kappa shape index (κ3) is 3.28. The largest absolute Gasteiger partial charge is 0.381 e. The van der Waals surface area contributed by atoms with Gasteiger partial charge in [0.05, 0.1) is 15.7 Å². The number of rotatable bonds is 2. The van der Waals surface area contributed by atoms with Crippen LogP contribution in [0.4, 0.5) is 5.69 Å². The number of nitrogens with one attached hydrogen (secondary N) is 1. The van der Waals surface area contributed by atoms with Crippen molar-refractivity contribution in [1.29, 1.82) is 0 Å². The van der Waals surface area contributed by atoms with E-state index in [-0.39, 0.29) is 0 Å². The third-order valence-electron chi connectivity index (χ3n) is 3.11. The summed E-state index contributed by atoms with van der Waals surface area (Å²) in [4.78, 5) is 0. The molecule has 5 heteroatoms. The van der Waals surface area contributed by atoms with Crippen LogP contribution in [0.25, 0.3) is 0 Å². The molecule has 0 radical (unpaired) electrons. The maximum Gasteiger partial charge on any atom is 0.0835 e. The van der Waals surface area contributed by atoms with E-state index in [9.17, 15) is 0 Å². The zero-order valence-electron chi connectivity index (χ0n) is 9.35. The summed E-state index contributed by atoms with van der Waals surface area (Å²) in [5.41, 5.74) is 6.85. The second kappa shape index (κ2) is 5.79. The predicted octanol–water partition coefficient (Wildman–Crippen LogP) is 4.44. The number of halogens is 3. The quantitative estimate of drug-likeness (QED) is 0.783. The summed E-state index contributed by atoms with van der Waals surface area (Å²) in [5, 5.41) is 4.55. The van der Waals surface area contributed by atoms with E-state index in [1.807, 2.05) is 12.1 Å². The Balaban J connectivity index is 2.10. The maximum absolute atomic E-state index is 6.20. The summed E-state index contributed by atoms with van der Waals surface area (Å²) in [6.07, 6.45) is 4.41. The van der Waals surface area contributed by atoms with Crippen LogP contribution in [0.2, 0.25) is 10.0 Å². The Morgan fingerprint density at radius 3 is 2.71 bits per heavy atom. The van der Waals surface area contributed by atoms with Gasteiger partial charge in [-0.25, -0.2) is 0 Å². The number of anilines is 1. The molecule has 1 aliphatic rings. The van der Waals surface area contributed by atoms with Crippen LogP contribution < -0.4 is 11.1 Å². The van der Waals surface area contributed by atoms with Gasteiger partial charge in [-0.15, -0.1) is 0 Å². The standard InChI is InChI=1S/C12H15BrCl2N2/c13-9-4-5-10(12(15)11(9)14)17-8-3-1-2-7(16)6-8/h4-5,7-8,17H,1-3,6,16H2. The van der Waals surface area contributed by atoms with Crippen molar-refractivity contribution in [3.05, 3.63) is 26.7 Å². The molecule has 2 rings (SSSR count). The normalized spacial score (nSPS) is 24.7. The molecule has 0 aromatic heterocycles. The molecule has 1 aromatic rings. The highest BCUT2D eigenvalue weighted by molar-refractivity contribution is 9.10. The minimum absolute atomic E-state index is 0.297. The Hall–Kier alpha value is 0.0400. The molecule has 2 unspecified atom stereocenters. The maximum atomic E-state index is 6.20. The van der Waals surface area contributed by atoms with Gasteiger partial charge in [0, 0.05) is 16.6 Å². The van der Waals surface area contributed by atoms with Gasteiger partial charge in [0.1, 0.15) is 0 Å². The van der Waals surface area contributed by atoms with E-state index in [4.69, 9.17) is 28.9 Å². The van der Waals surface area contributed by atoms with Gasteiger partial charge >= 0.3 is 0 Å². The van der Waals surface area contributed by atoms with Crippen molar-refractivity contribution in [2.45, 2.75) is 37.8 Å². The fourth-order valence-corrected chi connectivity index (χ4v) is 3.04. The molecule has 1 aliphatic carbocycles. The molecular weight excluding hydrogens is 323 g/mol. The fraction of sp³-hybridized carbons (Fsp3) is 0.500. The minimum Gasteiger partial charge on any atom is -0.381 e. The number of nitrogens with two attached hydrogens (primary N) is 1. The van der Waals surface area contributed by atoms with Crippen LogP contribution in [0.5, 0.6) is 0 Å². The van der Waals surface area contributed by atoms with Crippen molar-refractivity contribution in [1.82, 2.24) is 0 Å². The molecule has 17 heavy (non-hydrogen) atoms. The summed E-state index contributed by atoms with van der Waals surface area (Å²) >= 11 is 15.6. The summed E-state index contributed by atoms with van der Waals surface area (Å²) < 4.78 is 0.815. The van der Waals surface area contributed by atoms with Crippen LogP contribution in [-0.2, 0) is 0 Å². The summed E-state index contributed by atoms with van der Waals surface area (Å²) in [5.74, 6) is 0. The molecular formula is C12H15BrCl2N2. The molecule has 1 fully saturated rings. The van der Waals surface area contributed by atoms with E-state index in [0.717, 1.165) is 29.4 Å². The number of benzene rings is 1. The molecule has 0 aliphatic heterocycles. The molecule has 94 valence electrons. The van der Waals surface area contributed by atoms with E-state index < -0.39 is 0 Å². The molecule has 2 atom stereocenters. The zero-order chi connectivity index (χ0) is 12.4. The number of hydrogen-bond acceptors (Lipinski definition) is 2. The minimum atomic E-state index is 0.297. The van der Waals surface area contributed by atoms with E-state index in [1.54, 1.807) is 0 Å². The van der Waals surface area contributed by atoms with Gasteiger partial charge in [-0.3, -0.25) is 0 Å². The van der Waals surface area contributed by atoms with Crippen LogP contribution in [-0.4, -0.2) is 12.1 Å². The third-order valence-corrected chi connectivity index (χ3v) is 4.88. The van der Waals surface area contributed by atoms with Crippen molar-refractivity contribution in [2.24, 2.45) is 5.73 Å². The van der Waals surface area contributed by atoms with Crippen LogP contribution in [0, 0.1) is 0 Å². The summed E-state index contributed by atoms with van der Waals surface area (Å²) in [6.45, 7) is 0. The van der Waals surface area contributed by atoms with Crippen LogP contribution in [0.3, 0.4) is 0 Å². The van der Waals surface area contributed by atoms with E-state index in [2.05, 4.69) is 21.2 Å². The van der Waals surface area contributed by atoms with Crippen molar-refractivity contribution in [2.75, 3.05) is 5.32 Å². The fourth-order valence-electron chi connectivity index (χ4n) is 2.22. The molecule has 2 nitrogen and oxygen atoms in total. The van der Waals surface area contributed by atoms with E-state index in [0.29, 0.717) is 22.1 Å². The molecule has 0 spiro atoms. The lowest BCUT2D eigenvalue weighted by molar-refractivity contribution is 0.409. The van der Waals surface area contributed by atoms with Crippen LogP contribution >= 0.6 is 39.1 Å². The molecule has 0 bridgehead atoms. The van der Waals surface area contributed by atoms with Gasteiger partial charge < -0.3 is 11.1 Å². The monoisotopic (exact) mass is 336 g/mol. The summed E-state index contributed by atoms with van der Waals surface area (Å²) in [6, 6.07) is 4.54. The first-order valence-corrected chi connectivity index (χ1v) is 7.28. The SMILES string of the molecule is NC1CCCC(Nc2ccc(Br)c(Cl)c2Cl)C1. The molecule has 0 saturated heterocycles. The highest BCUT2D eigenvalue weighted by Crippen LogP contribution is 2.36. The first kappa shape index (κ1) is 13.5. The molecule has 1 aromatic carbocycles.